The predicted molar refractivity (Wildman–Crippen MR) is 90.8 cm³/mol. The molecule has 2 aromatic carbocycles. The van der Waals surface area contributed by atoms with Crippen LogP contribution in [0.3, 0.4) is 0 Å². The van der Waals surface area contributed by atoms with Gasteiger partial charge in [-0.15, -0.1) is 0 Å². The summed E-state index contributed by atoms with van der Waals surface area (Å²) < 4.78 is 55.5. The first kappa shape index (κ1) is 17.6. The monoisotopic (exact) mass is 380 g/mol. The Hall–Kier alpha value is -2.19. The smallest absolute Gasteiger partial charge is 0.338 e. The first-order valence-electron chi connectivity index (χ1n) is 7.60. The number of ether oxygens (including phenoxy) is 1. The van der Waals surface area contributed by atoms with Crippen molar-refractivity contribution in [3.63, 3.8) is 0 Å². The van der Waals surface area contributed by atoms with Crippen LogP contribution in [0.2, 0.25) is 0 Å². The lowest BCUT2D eigenvalue weighted by molar-refractivity contribution is 0.0526. The van der Waals surface area contributed by atoms with Gasteiger partial charge in [0.15, 0.2) is 19.7 Å². The first-order chi connectivity index (χ1) is 11.8. The second-order valence-corrected chi connectivity index (χ2v) is 9.73. The minimum Gasteiger partial charge on any atom is -0.462 e. The summed E-state index contributed by atoms with van der Waals surface area (Å²) in [6.45, 7) is 1.82. The maximum Gasteiger partial charge on any atom is 0.338 e. The van der Waals surface area contributed by atoms with Gasteiger partial charge in [-0.05, 0) is 42.8 Å². The lowest BCUT2D eigenvalue weighted by Gasteiger charge is -2.12. The summed E-state index contributed by atoms with van der Waals surface area (Å²) in [6, 6.07) is 11.6. The Bertz CT molecular complexity index is 1020. The van der Waals surface area contributed by atoms with E-state index in [1.165, 1.54) is 30.3 Å². The average molecular weight is 380 g/mol. The highest BCUT2D eigenvalue weighted by Crippen LogP contribution is 2.41. The SMILES string of the molecule is CCOC(=O)c1ccc2c(c1)C(S(=O)(=O)c1ccccc1)CS2(=O)=O. The second-order valence-electron chi connectivity index (χ2n) is 5.60. The molecular formula is C17H16O6S2. The molecule has 0 N–H and O–H groups in total. The molecule has 8 heteroatoms. The fourth-order valence-electron chi connectivity index (χ4n) is 2.83. The molecule has 6 nitrogen and oxygen atoms in total. The maximum atomic E-state index is 12.9. The van der Waals surface area contributed by atoms with E-state index in [1.807, 2.05) is 0 Å². The van der Waals surface area contributed by atoms with Gasteiger partial charge in [0.1, 0.15) is 5.25 Å². The van der Waals surface area contributed by atoms with Crippen molar-refractivity contribution in [2.75, 3.05) is 12.4 Å². The summed E-state index contributed by atoms with van der Waals surface area (Å²) in [4.78, 5) is 11.9. The zero-order valence-corrected chi connectivity index (χ0v) is 15.0. The molecule has 0 bridgehead atoms. The van der Waals surface area contributed by atoms with Crippen LogP contribution in [0.15, 0.2) is 58.3 Å². The van der Waals surface area contributed by atoms with E-state index in [2.05, 4.69) is 0 Å². The predicted octanol–water partition coefficient (Wildman–Crippen LogP) is 2.17. The third-order valence-corrected chi connectivity index (χ3v) is 8.14. The van der Waals surface area contributed by atoms with E-state index < -0.39 is 36.6 Å². The van der Waals surface area contributed by atoms with Crippen LogP contribution in [0.4, 0.5) is 0 Å². The van der Waals surface area contributed by atoms with Gasteiger partial charge in [-0.25, -0.2) is 21.6 Å². The molecule has 0 aliphatic carbocycles. The first-order valence-corrected chi connectivity index (χ1v) is 10.8. The van der Waals surface area contributed by atoms with Crippen molar-refractivity contribution in [2.45, 2.75) is 22.0 Å². The van der Waals surface area contributed by atoms with Gasteiger partial charge in [0.25, 0.3) is 0 Å². The van der Waals surface area contributed by atoms with E-state index >= 15 is 0 Å². The molecule has 0 saturated heterocycles. The summed E-state index contributed by atoms with van der Waals surface area (Å²) in [5.74, 6) is -1.16. The molecule has 1 unspecified atom stereocenters. The molecule has 0 radical (unpaired) electrons. The highest BCUT2D eigenvalue weighted by molar-refractivity contribution is 7.96. The fourth-order valence-corrected chi connectivity index (χ4v) is 7.15. The van der Waals surface area contributed by atoms with E-state index in [4.69, 9.17) is 4.74 Å². The average Bonchev–Trinajstić information content (AvgIpc) is 2.87. The number of fused-ring (bicyclic) bond motifs is 1. The van der Waals surface area contributed by atoms with Crippen molar-refractivity contribution < 1.29 is 26.4 Å². The molecule has 1 aliphatic heterocycles. The number of esters is 1. The van der Waals surface area contributed by atoms with Crippen LogP contribution < -0.4 is 0 Å². The number of rotatable bonds is 4. The largest absolute Gasteiger partial charge is 0.462 e. The van der Waals surface area contributed by atoms with Crippen molar-refractivity contribution in [1.29, 1.82) is 0 Å². The third kappa shape index (κ3) is 3.07. The van der Waals surface area contributed by atoms with Gasteiger partial charge in [-0.2, -0.15) is 0 Å². The number of hydrogen-bond donors (Lipinski definition) is 0. The van der Waals surface area contributed by atoms with Gasteiger partial charge in [-0.3, -0.25) is 0 Å². The molecule has 0 spiro atoms. The van der Waals surface area contributed by atoms with Crippen molar-refractivity contribution >= 4 is 25.6 Å². The van der Waals surface area contributed by atoms with E-state index in [9.17, 15) is 21.6 Å². The van der Waals surface area contributed by atoms with Crippen LogP contribution >= 0.6 is 0 Å². The summed E-state index contributed by atoms with van der Waals surface area (Å²) in [6.07, 6.45) is 0. The summed E-state index contributed by atoms with van der Waals surface area (Å²) in [5, 5.41) is -1.25. The zero-order valence-electron chi connectivity index (χ0n) is 13.4. The van der Waals surface area contributed by atoms with E-state index in [1.54, 1.807) is 25.1 Å². The van der Waals surface area contributed by atoms with Crippen LogP contribution in [-0.2, 0) is 24.4 Å². The lowest BCUT2D eigenvalue weighted by Crippen LogP contribution is -2.16. The Morgan fingerprint density at radius 1 is 1.16 bits per heavy atom. The zero-order chi connectivity index (χ0) is 18.2. The number of sulfone groups is 2. The molecule has 1 heterocycles. The van der Waals surface area contributed by atoms with E-state index in [0.29, 0.717) is 0 Å². The summed E-state index contributed by atoms with van der Waals surface area (Å²) >= 11 is 0. The number of hydrogen-bond acceptors (Lipinski definition) is 6. The molecule has 0 fully saturated rings. The van der Waals surface area contributed by atoms with Gasteiger partial charge in [0.05, 0.1) is 27.7 Å². The van der Waals surface area contributed by atoms with Crippen LogP contribution in [0, 0.1) is 0 Å². The molecule has 2 aromatic rings. The van der Waals surface area contributed by atoms with Crippen molar-refractivity contribution in [2.24, 2.45) is 0 Å². The van der Waals surface area contributed by atoms with E-state index in [-0.39, 0.29) is 27.5 Å². The van der Waals surface area contributed by atoms with E-state index in [0.717, 1.165) is 0 Å². The molecule has 0 aromatic heterocycles. The van der Waals surface area contributed by atoms with Gasteiger partial charge < -0.3 is 4.74 Å². The Kier molecular flexibility index (Phi) is 4.42. The molecule has 25 heavy (non-hydrogen) atoms. The third-order valence-electron chi connectivity index (χ3n) is 4.02. The number of carbonyl (C=O) groups excluding carboxylic acids is 1. The van der Waals surface area contributed by atoms with Crippen molar-refractivity contribution in [3.05, 3.63) is 59.7 Å². The van der Waals surface area contributed by atoms with Gasteiger partial charge in [-0.1, -0.05) is 18.2 Å². The molecule has 3 rings (SSSR count). The van der Waals surface area contributed by atoms with Crippen LogP contribution in [0.1, 0.15) is 28.1 Å². The number of benzene rings is 2. The van der Waals surface area contributed by atoms with Gasteiger partial charge >= 0.3 is 5.97 Å². The molecule has 0 saturated carbocycles. The molecule has 1 aliphatic rings. The maximum absolute atomic E-state index is 12.9. The summed E-state index contributed by atoms with van der Waals surface area (Å²) in [7, 11) is -7.64. The minimum atomic E-state index is -3.91. The number of carbonyl (C=O) groups is 1. The minimum absolute atomic E-state index is 0.0459. The fraction of sp³-hybridized carbons (Fsp3) is 0.235. The normalized spacial score (nSPS) is 18.5. The topological polar surface area (TPSA) is 94.6 Å². The van der Waals surface area contributed by atoms with Crippen LogP contribution in [0.5, 0.6) is 0 Å². The van der Waals surface area contributed by atoms with Gasteiger partial charge in [0.2, 0.25) is 0 Å². The molecular weight excluding hydrogens is 364 g/mol. The standard InChI is InChI=1S/C17H16O6S2/c1-2-23-17(18)12-8-9-15-14(10-12)16(11-24(15,19)20)25(21,22)13-6-4-3-5-7-13/h3-10,16H,2,11H2,1H3. The van der Waals surface area contributed by atoms with Crippen LogP contribution in [0.25, 0.3) is 0 Å². The quantitative estimate of drug-likeness (QED) is 0.755. The Balaban J connectivity index is 2.14. The summed E-state index contributed by atoms with van der Waals surface area (Å²) in [5.41, 5.74) is 0.250. The van der Waals surface area contributed by atoms with Crippen LogP contribution in [-0.4, -0.2) is 35.2 Å². The van der Waals surface area contributed by atoms with Gasteiger partial charge in [0, 0.05) is 0 Å². The highest BCUT2D eigenvalue weighted by atomic mass is 32.2. The molecule has 132 valence electrons. The Morgan fingerprint density at radius 2 is 1.84 bits per heavy atom. The Morgan fingerprint density at radius 3 is 2.48 bits per heavy atom. The second kappa shape index (κ2) is 6.27. The molecule has 0 amide bonds. The Labute approximate surface area is 146 Å². The lowest BCUT2D eigenvalue weighted by atomic mass is 10.1. The van der Waals surface area contributed by atoms with Crippen molar-refractivity contribution in [1.82, 2.24) is 0 Å². The highest BCUT2D eigenvalue weighted by Gasteiger charge is 2.43. The molecule has 1 atom stereocenters. The van der Waals surface area contributed by atoms with Crippen molar-refractivity contribution in [3.8, 4) is 0 Å².